The fourth-order valence-electron chi connectivity index (χ4n) is 3.23. The van der Waals surface area contributed by atoms with Crippen LogP contribution in [0.15, 0.2) is 18.2 Å². The standard InChI is InChI=1S/C19H31FN2/c1-15(2)11-12-21-14-16-9-10-18(20)19(13-16)22(3)17-7-5-4-6-8-17/h9-10,13,15,17,21H,4-8,11-12,14H2,1-3H3. The van der Waals surface area contributed by atoms with E-state index < -0.39 is 0 Å². The van der Waals surface area contributed by atoms with Gasteiger partial charge < -0.3 is 10.2 Å². The summed E-state index contributed by atoms with van der Waals surface area (Å²) in [6.07, 6.45) is 7.42. The Balaban J connectivity index is 1.96. The van der Waals surface area contributed by atoms with E-state index in [-0.39, 0.29) is 5.82 Å². The smallest absolute Gasteiger partial charge is 0.146 e. The van der Waals surface area contributed by atoms with Gasteiger partial charge in [0.25, 0.3) is 0 Å². The van der Waals surface area contributed by atoms with Crippen LogP contribution >= 0.6 is 0 Å². The second-order valence-corrected chi connectivity index (χ2v) is 7.05. The number of nitrogens with one attached hydrogen (secondary N) is 1. The van der Waals surface area contributed by atoms with Gasteiger partial charge in [0.2, 0.25) is 0 Å². The predicted molar refractivity (Wildman–Crippen MR) is 92.8 cm³/mol. The molecule has 0 bridgehead atoms. The minimum Gasteiger partial charge on any atom is -0.369 e. The van der Waals surface area contributed by atoms with Crippen LogP contribution < -0.4 is 10.2 Å². The number of hydrogen-bond donors (Lipinski definition) is 1. The van der Waals surface area contributed by atoms with Gasteiger partial charge in [-0.25, -0.2) is 4.39 Å². The van der Waals surface area contributed by atoms with E-state index in [9.17, 15) is 4.39 Å². The third-order valence-electron chi connectivity index (χ3n) is 4.74. The molecule has 22 heavy (non-hydrogen) atoms. The van der Waals surface area contributed by atoms with Crippen LogP contribution in [0.3, 0.4) is 0 Å². The molecule has 2 rings (SSSR count). The Labute approximate surface area is 135 Å². The highest BCUT2D eigenvalue weighted by molar-refractivity contribution is 5.50. The molecule has 3 heteroatoms. The number of hydrogen-bond acceptors (Lipinski definition) is 2. The molecule has 0 heterocycles. The van der Waals surface area contributed by atoms with E-state index in [4.69, 9.17) is 0 Å². The molecule has 1 aliphatic rings. The Kier molecular flexibility index (Phi) is 6.69. The van der Waals surface area contributed by atoms with Crippen LogP contribution in [0.25, 0.3) is 0 Å². The normalized spacial score (nSPS) is 16.2. The molecule has 124 valence electrons. The first-order chi connectivity index (χ1) is 10.6. The topological polar surface area (TPSA) is 15.3 Å². The molecule has 1 saturated carbocycles. The highest BCUT2D eigenvalue weighted by atomic mass is 19.1. The minimum atomic E-state index is -0.0981. The fourth-order valence-corrected chi connectivity index (χ4v) is 3.23. The van der Waals surface area contributed by atoms with Gasteiger partial charge in [0.15, 0.2) is 0 Å². The van der Waals surface area contributed by atoms with E-state index in [0.717, 1.165) is 18.8 Å². The summed E-state index contributed by atoms with van der Waals surface area (Å²) in [6.45, 7) is 6.30. The zero-order chi connectivity index (χ0) is 15.9. The lowest BCUT2D eigenvalue weighted by molar-refractivity contribution is 0.424. The molecular weight excluding hydrogens is 275 g/mol. The summed E-state index contributed by atoms with van der Waals surface area (Å²) in [4.78, 5) is 2.16. The minimum absolute atomic E-state index is 0.0981. The fraction of sp³-hybridized carbons (Fsp3) is 0.684. The summed E-state index contributed by atoms with van der Waals surface area (Å²) >= 11 is 0. The third-order valence-corrected chi connectivity index (χ3v) is 4.74. The maximum Gasteiger partial charge on any atom is 0.146 e. The quantitative estimate of drug-likeness (QED) is 0.733. The van der Waals surface area contributed by atoms with Crippen molar-refractivity contribution in [2.45, 2.75) is 65.0 Å². The Morgan fingerprint density at radius 2 is 1.95 bits per heavy atom. The van der Waals surface area contributed by atoms with Crippen molar-refractivity contribution < 1.29 is 4.39 Å². The van der Waals surface area contributed by atoms with Gasteiger partial charge in [0.05, 0.1) is 5.69 Å². The highest BCUT2D eigenvalue weighted by Gasteiger charge is 2.20. The summed E-state index contributed by atoms with van der Waals surface area (Å²) in [7, 11) is 2.05. The van der Waals surface area contributed by atoms with Gasteiger partial charge in [0.1, 0.15) is 5.82 Å². The molecule has 0 unspecified atom stereocenters. The second kappa shape index (κ2) is 8.52. The molecule has 1 N–H and O–H groups in total. The summed E-state index contributed by atoms with van der Waals surface area (Å²) in [5, 5.41) is 3.46. The molecular formula is C19H31FN2. The lowest BCUT2D eigenvalue weighted by Crippen LogP contribution is -2.34. The first kappa shape index (κ1) is 17.3. The van der Waals surface area contributed by atoms with Crippen molar-refractivity contribution in [2.75, 3.05) is 18.5 Å². The molecule has 1 aromatic rings. The van der Waals surface area contributed by atoms with E-state index >= 15 is 0 Å². The zero-order valence-electron chi connectivity index (χ0n) is 14.4. The van der Waals surface area contributed by atoms with Gasteiger partial charge in [-0.3, -0.25) is 0 Å². The van der Waals surface area contributed by atoms with Crippen molar-refractivity contribution in [1.29, 1.82) is 0 Å². The molecule has 2 nitrogen and oxygen atoms in total. The summed E-state index contributed by atoms with van der Waals surface area (Å²) < 4.78 is 14.2. The molecule has 1 aromatic carbocycles. The Morgan fingerprint density at radius 1 is 1.23 bits per heavy atom. The van der Waals surface area contributed by atoms with Crippen molar-refractivity contribution in [3.63, 3.8) is 0 Å². The van der Waals surface area contributed by atoms with Gasteiger partial charge in [-0.05, 0) is 49.4 Å². The van der Waals surface area contributed by atoms with Gasteiger partial charge in [-0.1, -0.05) is 39.2 Å². The lowest BCUT2D eigenvalue weighted by Gasteiger charge is -2.33. The number of nitrogens with zero attached hydrogens (tertiary/aromatic N) is 1. The van der Waals surface area contributed by atoms with Crippen LogP contribution in [0.1, 0.15) is 57.9 Å². The molecule has 0 spiro atoms. The Bertz CT molecular complexity index is 453. The maximum absolute atomic E-state index is 14.2. The van der Waals surface area contributed by atoms with Crippen molar-refractivity contribution in [2.24, 2.45) is 5.92 Å². The van der Waals surface area contributed by atoms with Crippen molar-refractivity contribution in [3.8, 4) is 0 Å². The number of rotatable bonds is 7. The summed E-state index contributed by atoms with van der Waals surface area (Å²) in [5.74, 6) is 0.618. The third kappa shape index (κ3) is 4.98. The van der Waals surface area contributed by atoms with E-state index in [1.165, 1.54) is 44.1 Å². The molecule has 0 radical (unpaired) electrons. The van der Waals surface area contributed by atoms with Crippen LogP contribution in [0, 0.1) is 11.7 Å². The molecule has 1 aliphatic carbocycles. The Morgan fingerprint density at radius 3 is 2.64 bits per heavy atom. The van der Waals surface area contributed by atoms with Crippen LogP contribution in [-0.4, -0.2) is 19.6 Å². The van der Waals surface area contributed by atoms with E-state index in [2.05, 4.69) is 24.1 Å². The molecule has 0 aromatic heterocycles. The van der Waals surface area contributed by atoms with Crippen LogP contribution in [0.5, 0.6) is 0 Å². The molecule has 0 amide bonds. The average Bonchev–Trinajstić information content (AvgIpc) is 2.53. The summed E-state index contributed by atoms with van der Waals surface area (Å²) in [5.41, 5.74) is 1.93. The predicted octanol–water partition coefficient (Wildman–Crippen LogP) is 4.73. The van der Waals surface area contributed by atoms with E-state index in [0.29, 0.717) is 12.0 Å². The number of benzene rings is 1. The second-order valence-electron chi connectivity index (χ2n) is 7.05. The van der Waals surface area contributed by atoms with E-state index in [1.54, 1.807) is 6.07 Å². The van der Waals surface area contributed by atoms with E-state index in [1.807, 2.05) is 19.2 Å². The monoisotopic (exact) mass is 306 g/mol. The van der Waals surface area contributed by atoms with Crippen LogP contribution in [0.2, 0.25) is 0 Å². The number of anilines is 1. The van der Waals surface area contributed by atoms with Crippen LogP contribution in [0.4, 0.5) is 10.1 Å². The Hall–Kier alpha value is -1.09. The van der Waals surface area contributed by atoms with Gasteiger partial charge in [-0.15, -0.1) is 0 Å². The van der Waals surface area contributed by atoms with Gasteiger partial charge >= 0.3 is 0 Å². The first-order valence-corrected chi connectivity index (χ1v) is 8.80. The number of halogens is 1. The average molecular weight is 306 g/mol. The van der Waals surface area contributed by atoms with Crippen molar-refractivity contribution in [3.05, 3.63) is 29.6 Å². The molecule has 1 fully saturated rings. The molecule has 0 saturated heterocycles. The molecule has 0 aliphatic heterocycles. The maximum atomic E-state index is 14.2. The zero-order valence-corrected chi connectivity index (χ0v) is 14.4. The highest BCUT2D eigenvalue weighted by Crippen LogP contribution is 2.28. The lowest BCUT2D eigenvalue weighted by atomic mass is 9.94. The molecule has 0 atom stereocenters. The summed E-state index contributed by atoms with van der Waals surface area (Å²) in [6, 6.07) is 6.03. The van der Waals surface area contributed by atoms with Crippen LogP contribution in [-0.2, 0) is 6.54 Å². The van der Waals surface area contributed by atoms with Crippen molar-refractivity contribution in [1.82, 2.24) is 5.32 Å². The van der Waals surface area contributed by atoms with Gasteiger partial charge in [0, 0.05) is 19.6 Å². The van der Waals surface area contributed by atoms with Gasteiger partial charge in [-0.2, -0.15) is 0 Å². The largest absolute Gasteiger partial charge is 0.369 e. The SMILES string of the molecule is CC(C)CCNCc1ccc(F)c(N(C)C2CCCCC2)c1. The van der Waals surface area contributed by atoms with Crippen molar-refractivity contribution >= 4 is 5.69 Å². The first-order valence-electron chi connectivity index (χ1n) is 8.80.